The van der Waals surface area contributed by atoms with Crippen LogP contribution in [0, 0.1) is 3.57 Å². The smallest absolute Gasteiger partial charge is 0.240 e. The zero-order chi connectivity index (χ0) is 14.9. The molecule has 0 bridgehead atoms. The molecule has 6 heteroatoms. The number of rotatable bonds is 4. The highest BCUT2D eigenvalue weighted by atomic mass is 127. The Morgan fingerprint density at radius 2 is 1.76 bits per heavy atom. The molecule has 0 saturated carbocycles. The summed E-state index contributed by atoms with van der Waals surface area (Å²) in [6.45, 7) is 2.05. The molecule has 2 aromatic carbocycles. The zero-order valence-corrected chi connectivity index (χ0v) is 14.2. The van der Waals surface area contributed by atoms with Gasteiger partial charge in [0.25, 0.3) is 0 Å². The van der Waals surface area contributed by atoms with Crippen molar-refractivity contribution in [2.75, 3.05) is 0 Å². The number of halogens is 1. The molecule has 0 unspecified atom stereocenters. The van der Waals surface area contributed by atoms with Crippen molar-refractivity contribution < 1.29 is 8.42 Å². The standard InChI is InChI=1S/C15H15IN2O2S/c16-14-3-5-15(6-4-14)21(19,20)18-8-11-1-2-12-9-17-10-13(12)7-11/h1-7,17-18H,8-10H2. The molecule has 1 aliphatic heterocycles. The summed E-state index contributed by atoms with van der Waals surface area (Å²) < 4.78 is 28.1. The molecule has 4 nitrogen and oxygen atoms in total. The molecular formula is C15H15IN2O2S. The first-order chi connectivity index (χ1) is 10.0. The van der Waals surface area contributed by atoms with E-state index in [0.717, 1.165) is 22.2 Å². The molecule has 21 heavy (non-hydrogen) atoms. The van der Waals surface area contributed by atoms with Crippen molar-refractivity contribution in [1.29, 1.82) is 0 Å². The lowest BCUT2D eigenvalue weighted by atomic mass is 10.1. The third kappa shape index (κ3) is 3.45. The Morgan fingerprint density at radius 3 is 2.52 bits per heavy atom. The first-order valence-electron chi connectivity index (χ1n) is 6.61. The second kappa shape index (κ2) is 6.04. The van der Waals surface area contributed by atoms with E-state index in [0.29, 0.717) is 11.4 Å². The SMILES string of the molecule is O=S(=O)(NCc1ccc2c(c1)CNC2)c1ccc(I)cc1. The van der Waals surface area contributed by atoms with Crippen LogP contribution >= 0.6 is 22.6 Å². The van der Waals surface area contributed by atoms with Gasteiger partial charge in [-0.3, -0.25) is 0 Å². The molecule has 1 aliphatic rings. The van der Waals surface area contributed by atoms with Crippen LogP contribution in [0.3, 0.4) is 0 Å². The van der Waals surface area contributed by atoms with Gasteiger partial charge in [0.2, 0.25) is 10.0 Å². The van der Waals surface area contributed by atoms with Gasteiger partial charge >= 0.3 is 0 Å². The van der Waals surface area contributed by atoms with Crippen LogP contribution in [-0.4, -0.2) is 8.42 Å². The van der Waals surface area contributed by atoms with Crippen molar-refractivity contribution in [3.05, 3.63) is 62.7 Å². The minimum absolute atomic E-state index is 0.297. The van der Waals surface area contributed by atoms with Crippen molar-refractivity contribution in [1.82, 2.24) is 10.0 Å². The molecule has 2 N–H and O–H groups in total. The highest BCUT2D eigenvalue weighted by Gasteiger charge is 2.14. The number of hydrogen-bond acceptors (Lipinski definition) is 3. The van der Waals surface area contributed by atoms with Crippen LogP contribution in [-0.2, 0) is 29.7 Å². The third-order valence-corrected chi connectivity index (χ3v) is 5.63. The molecule has 110 valence electrons. The van der Waals surface area contributed by atoms with E-state index in [1.165, 1.54) is 11.1 Å². The van der Waals surface area contributed by atoms with E-state index in [1.54, 1.807) is 24.3 Å². The molecule has 0 atom stereocenters. The lowest BCUT2D eigenvalue weighted by Gasteiger charge is -2.08. The highest BCUT2D eigenvalue weighted by Crippen LogP contribution is 2.18. The first kappa shape index (κ1) is 15.0. The average Bonchev–Trinajstić information content (AvgIpc) is 2.93. The van der Waals surface area contributed by atoms with Gasteiger partial charge in [0, 0.05) is 23.2 Å². The molecule has 1 heterocycles. The van der Waals surface area contributed by atoms with Gasteiger partial charge in [-0.1, -0.05) is 18.2 Å². The largest absolute Gasteiger partial charge is 0.309 e. The van der Waals surface area contributed by atoms with Gasteiger partial charge in [-0.2, -0.15) is 0 Å². The summed E-state index contributed by atoms with van der Waals surface area (Å²) in [6, 6.07) is 12.9. The fourth-order valence-corrected chi connectivity index (χ4v) is 3.71. The number of fused-ring (bicyclic) bond motifs is 1. The third-order valence-electron chi connectivity index (χ3n) is 3.49. The number of nitrogens with one attached hydrogen (secondary N) is 2. The Kier molecular flexibility index (Phi) is 4.30. The van der Waals surface area contributed by atoms with Crippen LogP contribution in [0.2, 0.25) is 0 Å². The van der Waals surface area contributed by atoms with Crippen LogP contribution < -0.4 is 10.0 Å². The number of hydrogen-bond donors (Lipinski definition) is 2. The Balaban J connectivity index is 1.73. The van der Waals surface area contributed by atoms with E-state index in [4.69, 9.17) is 0 Å². The summed E-state index contributed by atoms with van der Waals surface area (Å²) in [7, 11) is -3.46. The molecule has 0 radical (unpaired) electrons. The van der Waals surface area contributed by atoms with Crippen molar-refractivity contribution >= 4 is 32.6 Å². The minimum Gasteiger partial charge on any atom is -0.309 e. The first-order valence-corrected chi connectivity index (χ1v) is 9.17. The number of benzene rings is 2. The van der Waals surface area contributed by atoms with Crippen LogP contribution in [0.4, 0.5) is 0 Å². The molecule has 3 rings (SSSR count). The van der Waals surface area contributed by atoms with Gasteiger partial charge in [-0.15, -0.1) is 0 Å². The van der Waals surface area contributed by atoms with Gasteiger partial charge < -0.3 is 5.32 Å². The molecule has 0 aromatic heterocycles. The van der Waals surface area contributed by atoms with Crippen LogP contribution in [0.15, 0.2) is 47.4 Å². The van der Waals surface area contributed by atoms with E-state index in [-0.39, 0.29) is 0 Å². The van der Waals surface area contributed by atoms with Gasteiger partial charge in [-0.25, -0.2) is 13.1 Å². The molecule has 0 spiro atoms. The Bertz CT molecular complexity index is 758. The topological polar surface area (TPSA) is 58.2 Å². The summed E-state index contributed by atoms with van der Waals surface area (Å²) in [4.78, 5) is 0.297. The van der Waals surface area contributed by atoms with Gasteiger partial charge in [-0.05, 0) is 63.5 Å². The predicted molar refractivity (Wildman–Crippen MR) is 90.2 cm³/mol. The Hall–Kier alpha value is -0.960. The van der Waals surface area contributed by atoms with Gasteiger partial charge in [0.15, 0.2) is 0 Å². The van der Waals surface area contributed by atoms with Crippen molar-refractivity contribution in [2.24, 2.45) is 0 Å². The zero-order valence-electron chi connectivity index (χ0n) is 11.3. The van der Waals surface area contributed by atoms with E-state index >= 15 is 0 Å². The highest BCUT2D eigenvalue weighted by molar-refractivity contribution is 14.1. The predicted octanol–water partition coefficient (Wildman–Crippen LogP) is 2.37. The minimum atomic E-state index is -3.46. The maximum absolute atomic E-state index is 12.2. The van der Waals surface area contributed by atoms with E-state index in [1.807, 2.05) is 6.07 Å². The molecule has 0 aliphatic carbocycles. The Labute approximate surface area is 138 Å². The lowest BCUT2D eigenvalue weighted by molar-refractivity contribution is 0.581. The van der Waals surface area contributed by atoms with Crippen LogP contribution in [0.5, 0.6) is 0 Å². The van der Waals surface area contributed by atoms with Crippen LogP contribution in [0.25, 0.3) is 0 Å². The fraction of sp³-hybridized carbons (Fsp3) is 0.200. The summed E-state index contributed by atoms with van der Waals surface area (Å²) in [6.07, 6.45) is 0. The van der Waals surface area contributed by atoms with E-state index in [2.05, 4.69) is 44.8 Å². The fourth-order valence-electron chi connectivity index (χ4n) is 2.33. The number of sulfonamides is 1. The summed E-state index contributed by atoms with van der Waals surface area (Å²) >= 11 is 2.15. The molecule has 2 aromatic rings. The van der Waals surface area contributed by atoms with Crippen molar-refractivity contribution in [3.63, 3.8) is 0 Å². The molecule has 0 fully saturated rings. The monoisotopic (exact) mass is 414 g/mol. The normalized spacial score (nSPS) is 14.1. The second-order valence-corrected chi connectivity index (χ2v) is 8.00. The molecule has 0 amide bonds. The second-order valence-electron chi connectivity index (χ2n) is 4.99. The summed E-state index contributed by atoms with van der Waals surface area (Å²) in [5.74, 6) is 0. The lowest BCUT2D eigenvalue weighted by Crippen LogP contribution is -2.23. The van der Waals surface area contributed by atoms with Gasteiger partial charge in [0.1, 0.15) is 0 Å². The van der Waals surface area contributed by atoms with Crippen molar-refractivity contribution in [3.8, 4) is 0 Å². The van der Waals surface area contributed by atoms with Crippen molar-refractivity contribution in [2.45, 2.75) is 24.5 Å². The molecule has 0 saturated heterocycles. The average molecular weight is 414 g/mol. The summed E-state index contributed by atoms with van der Waals surface area (Å²) in [5.41, 5.74) is 3.52. The van der Waals surface area contributed by atoms with E-state index in [9.17, 15) is 8.42 Å². The summed E-state index contributed by atoms with van der Waals surface area (Å²) in [5, 5.41) is 3.28. The van der Waals surface area contributed by atoms with Crippen LogP contribution in [0.1, 0.15) is 16.7 Å². The maximum atomic E-state index is 12.2. The Morgan fingerprint density at radius 1 is 1.05 bits per heavy atom. The van der Waals surface area contributed by atoms with E-state index < -0.39 is 10.0 Å². The molecular weight excluding hydrogens is 399 g/mol. The van der Waals surface area contributed by atoms with Gasteiger partial charge in [0.05, 0.1) is 4.90 Å². The quantitative estimate of drug-likeness (QED) is 0.756. The maximum Gasteiger partial charge on any atom is 0.240 e.